The first-order valence-electron chi connectivity index (χ1n) is 8.98. The normalized spacial score (nSPS) is 17.0. The molecule has 7 heteroatoms. The lowest BCUT2D eigenvalue weighted by atomic mass is 10.0. The lowest BCUT2D eigenvalue weighted by Crippen LogP contribution is -2.45. The fourth-order valence-electron chi connectivity index (χ4n) is 3.12. The molecule has 0 amide bonds. The van der Waals surface area contributed by atoms with Gasteiger partial charge in [0, 0.05) is 44.6 Å². The van der Waals surface area contributed by atoms with E-state index in [1.165, 1.54) is 11.1 Å². The summed E-state index contributed by atoms with van der Waals surface area (Å²) in [5.41, 5.74) is 2.50. The molecule has 3 rings (SSSR count). The number of esters is 1. The first-order chi connectivity index (χ1) is 12.8. The Labute approximate surface area is 166 Å². The lowest BCUT2D eigenvalue weighted by molar-refractivity contribution is -0.145. The standard InChI is InChI=1S/C20H25N3O3.ClH/c1-2-25-20(24)15-26-18-5-3-16(4-6-18)14-23-12-11-22-13-19(23)17-7-9-21-10-8-17;/h3-10,19,22H,2,11-15H2,1H3;1H. The molecule has 1 aliphatic rings. The third-order valence-corrected chi connectivity index (χ3v) is 4.42. The average Bonchev–Trinajstić information content (AvgIpc) is 2.69. The molecule has 0 bridgehead atoms. The Morgan fingerprint density at radius 2 is 1.96 bits per heavy atom. The van der Waals surface area contributed by atoms with Crippen LogP contribution in [0, 0.1) is 0 Å². The number of halogens is 1. The molecule has 1 aromatic heterocycles. The molecule has 2 aromatic rings. The van der Waals surface area contributed by atoms with Crippen LogP contribution in [0.5, 0.6) is 5.75 Å². The Bertz CT molecular complexity index is 697. The molecule has 0 aliphatic carbocycles. The number of benzene rings is 1. The van der Waals surface area contributed by atoms with E-state index in [0.29, 0.717) is 18.4 Å². The number of nitrogens with one attached hydrogen (secondary N) is 1. The van der Waals surface area contributed by atoms with Crippen LogP contribution >= 0.6 is 12.4 Å². The molecule has 1 aromatic carbocycles. The van der Waals surface area contributed by atoms with Gasteiger partial charge in [-0.25, -0.2) is 4.79 Å². The van der Waals surface area contributed by atoms with Crippen molar-refractivity contribution in [3.05, 3.63) is 59.9 Å². The van der Waals surface area contributed by atoms with E-state index in [-0.39, 0.29) is 25.0 Å². The monoisotopic (exact) mass is 391 g/mol. The molecule has 1 saturated heterocycles. The number of carbonyl (C=O) groups excluding carboxylic acids is 1. The van der Waals surface area contributed by atoms with Crippen molar-refractivity contribution >= 4 is 18.4 Å². The topological polar surface area (TPSA) is 63.7 Å². The van der Waals surface area contributed by atoms with Crippen LogP contribution in [-0.2, 0) is 16.1 Å². The number of ether oxygens (including phenoxy) is 2. The van der Waals surface area contributed by atoms with Crippen molar-refractivity contribution in [2.75, 3.05) is 32.8 Å². The molecule has 0 saturated carbocycles. The molecule has 0 spiro atoms. The minimum Gasteiger partial charge on any atom is -0.482 e. The zero-order valence-electron chi connectivity index (χ0n) is 15.5. The Morgan fingerprint density at radius 3 is 2.67 bits per heavy atom. The zero-order valence-corrected chi connectivity index (χ0v) is 16.3. The van der Waals surface area contributed by atoms with E-state index in [1.54, 1.807) is 6.92 Å². The minimum absolute atomic E-state index is 0. The zero-order chi connectivity index (χ0) is 18.2. The second kappa shape index (κ2) is 10.9. The fraction of sp³-hybridized carbons (Fsp3) is 0.400. The smallest absolute Gasteiger partial charge is 0.344 e. The summed E-state index contributed by atoms with van der Waals surface area (Å²) < 4.78 is 10.3. The summed E-state index contributed by atoms with van der Waals surface area (Å²) in [6.45, 7) is 5.87. The van der Waals surface area contributed by atoms with Crippen molar-refractivity contribution < 1.29 is 14.3 Å². The van der Waals surface area contributed by atoms with Crippen LogP contribution in [0.15, 0.2) is 48.8 Å². The predicted octanol–water partition coefficient (Wildman–Crippen LogP) is 2.59. The van der Waals surface area contributed by atoms with Gasteiger partial charge >= 0.3 is 5.97 Å². The van der Waals surface area contributed by atoms with Gasteiger partial charge in [-0.15, -0.1) is 12.4 Å². The van der Waals surface area contributed by atoms with Crippen LogP contribution in [0.2, 0.25) is 0 Å². The van der Waals surface area contributed by atoms with Crippen LogP contribution in [0.25, 0.3) is 0 Å². The maximum Gasteiger partial charge on any atom is 0.344 e. The van der Waals surface area contributed by atoms with Crippen molar-refractivity contribution in [2.24, 2.45) is 0 Å². The first-order valence-corrected chi connectivity index (χ1v) is 8.98. The van der Waals surface area contributed by atoms with Crippen molar-refractivity contribution in [1.29, 1.82) is 0 Å². The minimum atomic E-state index is -0.349. The van der Waals surface area contributed by atoms with E-state index >= 15 is 0 Å². The average molecular weight is 392 g/mol. The highest BCUT2D eigenvalue weighted by atomic mass is 35.5. The number of pyridine rings is 1. The summed E-state index contributed by atoms with van der Waals surface area (Å²) >= 11 is 0. The quantitative estimate of drug-likeness (QED) is 0.732. The van der Waals surface area contributed by atoms with Gasteiger partial charge in [0.15, 0.2) is 6.61 Å². The number of hydrogen-bond acceptors (Lipinski definition) is 6. The molecular weight excluding hydrogens is 366 g/mol. The van der Waals surface area contributed by atoms with Gasteiger partial charge in [0.2, 0.25) is 0 Å². The Hall–Kier alpha value is -2.15. The van der Waals surface area contributed by atoms with Gasteiger partial charge in [-0.3, -0.25) is 9.88 Å². The van der Waals surface area contributed by atoms with Crippen molar-refractivity contribution in [3.8, 4) is 5.75 Å². The molecule has 146 valence electrons. The second-order valence-corrected chi connectivity index (χ2v) is 6.21. The summed E-state index contributed by atoms with van der Waals surface area (Å²) in [6.07, 6.45) is 3.69. The lowest BCUT2D eigenvalue weighted by Gasteiger charge is -2.36. The van der Waals surface area contributed by atoms with Crippen LogP contribution in [0.4, 0.5) is 0 Å². The molecule has 6 nitrogen and oxygen atoms in total. The van der Waals surface area contributed by atoms with Gasteiger partial charge in [-0.05, 0) is 42.3 Å². The predicted molar refractivity (Wildman–Crippen MR) is 106 cm³/mol. The highest BCUT2D eigenvalue weighted by Crippen LogP contribution is 2.24. The molecular formula is C20H26ClN3O3. The summed E-state index contributed by atoms with van der Waals surface area (Å²) in [7, 11) is 0. The molecule has 1 fully saturated rings. The summed E-state index contributed by atoms with van der Waals surface area (Å²) in [6, 6.07) is 12.4. The summed E-state index contributed by atoms with van der Waals surface area (Å²) in [5, 5.41) is 3.47. The van der Waals surface area contributed by atoms with Gasteiger partial charge in [0.1, 0.15) is 5.75 Å². The van der Waals surface area contributed by atoms with Gasteiger partial charge in [-0.2, -0.15) is 0 Å². The highest BCUT2D eigenvalue weighted by molar-refractivity contribution is 5.85. The van der Waals surface area contributed by atoms with Crippen LogP contribution in [0.3, 0.4) is 0 Å². The molecule has 27 heavy (non-hydrogen) atoms. The number of nitrogens with zero attached hydrogens (tertiary/aromatic N) is 2. The van der Waals surface area contributed by atoms with Gasteiger partial charge in [0.05, 0.1) is 6.61 Å². The molecule has 1 N–H and O–H groups in total. The van der Waals surface area contributed by atoms with Crippen molar-refractivity contribution in [1.82, 2.24) is 15.2 Å². The van der Waals surface area contributed by atoms with E-state index in [2.05, 4.69) is 27.3 Å². The summed E-state index contributed by atoms with van der Waals surface area (Å²) in [4.78, 5) is 17.9. The third-order valence-electron chi connectivity index (χ3n) is 4.42. The van der Waals surface area contributed by atoms with Crippen molar-refractivity contribution in [3.63, 3.8) is 0 Å². The Morgan fingerprint density at radius 1 is 1.22 bits per heavy atom. The third kappa shape index (κ3) is 6.20. The van der Waals surface area contributed by atoms with E-state index in [1.807, 2.05) is 36.7 Å². The van der Waals surface area contributed by atoms with Crippen LogP contribution < -0.4 is 10.1 Å². The Balaban J connectivity index is 0.00000261. The van der Waals surface area contributed by atoms with E-state index < -0.39 is 0 Å². The molecule has 1 aliphatic heterocycles. The van der Waals surface area contributed by atoms with Gasteiger partial charge in [-0.1, -0.05) is 12.1 Å². The van der Waals surface area contributed by atoms with Gasteiger partial charge < -0.3 is 14.8 Å². The van der Waals surface area contributed by atoms with Crippen LogP contribution in [0.1, 0.15) is 24.1 Å². The van der Waals surface area contributed by atoms with Crippen molar-refractivity contribution in [2.45, 2.75) is 19.5 Å². The van der Waals surface area contributed by atoms with Gasteiger partial charge in [0.25, 0.3) is 0 Å². The van der Waals surface area contributed by atoms with E-state index in [4.69, 9.17) is 9.47 Å². The second-order valence-electron chi connectivity index (χ2n) is 6.21. The largest absolute Gasteiger partial charge is 0.482 e. The number of rotatable bonds is 7. The maximum atomic E-state index is 11.4. The molecule has 1 unspecified atom stereocenters. The molecule has 0 radical (unpaired) electrons. The number of piperazine rings is 1. The highest BCUT2D eigenvalue weighted by Gasteiger charge is 2.23. The number of carbonyl (C=O) groups is 1. The molecule has 2 heterocycles. The van der Waals surface area contributed by atoms with E-state index in [9.17, 15) is 4.79 Å². The fourth-order valence-corrected chi connectivity index (χ4v) is 3.12. The van der Waals surface area contributed by atoms with E-state index in [0.717, 1.165) is 26.2 Å². The number of hydrogen-bond donors (Lipinski definition) is 1. The maximum absolute atomic E-state index is 11.4. The summed E-state index contributed by atoms with van der Waals surface area (Å²) in [5.74, 6) is 0.324. The number of aromatic nitrogens is 1. The first kappa shape index (κ1) is 21.2. The Kier molecular flexibility index (Phi) is 8.51. The van der Waals surface area contributed by atoms with Crippen LogP contribution in [-0.4, -0.2) is 48.7 Å². The SMILES string of the molecule is CCOC(=O)COc1ccc(CN2CCNCC2c2ccncc2)cc1.Cl. The molecule has 1 atom stereocenters.